The van der Waals surface area contributed by atoms with Crippen LogP contribution in [0.1, 0.15) is 78.7 Å². The molecular formula is C23H30N4O3S. The van der Waals surface area contributed by atoms with Gasteiger partial charge in [0.15, 0.2) is 0 Å². The van der Waals surface area contributed by atoms with Gasteiger partial charge in [-0.3, -0.25) is 14.9 Å². The first-order chi connectivity index (χ1) is 15.1. The number of carbonyl (C=O) groups is 2. The van der Waals surface area contributed by atoms with Gasteiger partial charge in [-0.1, -0.05) is 62.1 Å². The molecule has 8 heteroatoms. The molecule has 1 unspecified atom stereocenters. The molecule has 4 rings (SSSR count). The normalized spacial score (nSPS) is 20.0. The average Bonchev–Trinajstić information content (AvgIpc) is 3.21. The number of aromatic nitrogens is 2. The van der Waals surface area contributed by atoms with Gasteiger partial charge in [0.1, 0.15) is 11.6 Å². The number of rotatable bonds is 7. The number of ether oxygens (including phenoxy) is 1. The predicted octanol–water partition coefficient (Wildman–Crippen LogP) is 4.37. The van der Waals surface area contributed by atoms with Gasteiger partial charge in [-0.15, -0.1) is 10.2 Å². The number of amides is 2. The van der Waals surface area contributed by atoms with Gasteiger partial charge in [-0.2, -0.15) is 0 Å². The number of fused-ring (bicyclic) bond motifs is 1. The van der Waals surface area contributed by atoms with Gasteiger partial charge >= 0.3 is 0 Å². The smallest absolute Gasteiger partial charge is 0.254 e. The molecule has 1 aromatic carbocycles. The van der Waals surface area contributed by atoms with E-state index in [9.17, 15) is 9.59 Å². The van der Waals surface area contributed by atoms with Gasteiger partial charge < -0.3 is 9.64 Å². The highest BCUT2D eigenvalue weighted by Gasteiger charge is 2.54. The highest BCUT2D eigenvalue weighted by atomic mass is 32.1. The molecular weight excluding hydrogens is 412 g/mol. The third-order valence-corrected chi connectivity index (χ3v) is 7.32. The number of carbonyl (C=O) groups excluding carboxylic acids is 2. The number of anilines is 1. The van der Waals surface area contributed by atoms with Crippen LogP contribution in [0.15, 0.2) is 24.3 Å². The fourth-order valence-electron chi connectivity index (χ4n) is 5.15. The largest absolute Gasteiger partial charge is 0.377 e. The molecule has 1 saturated carbocycles. The quantitative estimate of drug-likeness (QED) is 0.688. The topological polar surface area (TPSA) is 84.4 Å². The van der Waals surface area contributed by atoms with Gasteiger partial charge in [-0.25, -0.2) is 0 Å². The van der Waals surface area contributed by atoms with E-state index in [-0.39, 0.29) is 11.8 Å². The lowest BCUT2D eigenvalue weighted by Crippen LogP contribution is -2.62. The van der Waals surface area contributed by atoms with Gasteiger partial charge in [0, 0.05) is 19.2 Å². The Bertz CT molecular complexity index is 938. The summed E-state index contributed by atoms with van der Waals surface area (Å²) < 4.78 is 5.11. The van der Waals surface area contributed by atoms with Crippen LogP contribution in [0.3, 0.4) is 0 Å². The molecule has 1 atom stereocenters. The van der Waals surface area contributed by atoms with Crippen molar-refractivity contribution < 1.29 is 14.3 Å². The summed E-state index contributed by atoms with van der Waals surface area (Å²) in [5, 5.41) is 12.4. The number of hydrogen-bond donors (Lipinski definition) is 1. The predicted molar refractivity (Wildman–Crippen MR) is 120 cm³/mol. The summed E-state index contributed by atoms with van der Waals surface area (Å²) in [5.41, 5.74) is 0.997. The van der Waals surface area contributed by atoms with Crippen molar-refractivity contribution in [2.24, 2.45) is 0 Å². The van der Waals surface area contributed by atoms with Crippen molar-refractivity contribution in [3.05, 3.63) is 40.4 Å². The van der Waals surface area contributed by atoms with Gasteiger partial charge in [0.25, 0.3) is 5.91 Å². The Labute approximate surface area is 187 Å². The fraction of sp³-hybridized carbons (Fsp3) is 0.565. The summed E-state index contributed by atoms with van der Waals surface area (Å²) in [6, 6.07) is 7.60. The van der Waals surface area contributed by atoms with E-state index in [1.807, 2.05) is 29.2 Å². The molecule has 1 fully saturated rings. The van der Waals surface area contributed by atoms with Crippen molar-refractivity contribution >= 4 is 28.3 Å². The zero-order chi connectivity index (χ0) is 21.8. The minimum Gasteiger partial charge on any atom is -0.377 e. The summed E-state index contributed by atoms with van der Waals surface area (Å²) >= 11 is 1.32. The highest BCUT2D eigenvalue weighted by Crippen LogP contribution is 2.49. The molecule has 31 heavy (non-hydrogen) atoms. The van der Waals surface area contributed by atoms with Crippen molar-refractivity contribution in [3.8, 4) is 0 Å². The highest BCUT2D eigenvalue weighted by molar-refractivity contribution is 7.15. The third-order valence-electron chi connectivity index (χ3n) is 6.50. The molecule has 1 aromatic heterocycles. The van der Waals surface area contributed by atoms with Crippen LogP contribution in [-0.2, 0) is 16.1 Å². The van der Waals surface area contributed by atoms with Crippen LogP contribution < -0.4 is 5.32 Å². The van der Waals surface area contributed by atoms with E-state index < -0.39 is 11.5 Å². The van der Waals surface area contributed by atoms with E-state index in [1.165, 1.54) is 11.3 Å². The number of hydrogen-bond acceptors (Lipinski definition) is 6. The van der Waals surface area contributed by atoms with Crippen LogP contribution in [0, 0.1) is 0 Å². The monoisotopic (exact) mass is 442 g/mol. The maximum Gasteiger partial charge on any atom is 0.254 e. The second-order valence-corrected chi connectivity index (χ2v) is 9.48. The molecule has 0 bridgehead atoms. The van der Waals surface area contributed by atoms with Gasteiger partial charge in [0.2, 0.25) is 11.0 Å². The SMILES string of the molecule is CCCCN1C(=O)c2ccccc2C(C(=O)Nc2nnc(COC)s2)C12CCCCC2. The molecule has 2 amide bonds. The van der Waals surface area contributed by atoms with Crippen molar-refractivity contribution in [3.63, 3.8) is 0 Å². The van der Waals surface area contributed by atoms with E-state index in [2.05, 4.69) is 22.4 Å². The average molecular weight is 443 g/mol. The summed E-state index contributed by atoms with van der Waals surface area (Å²) in [6.45, 7) is 3.18. The maximum absolute atomic E-state index is 13.8. The molecule has 2 aromatic rings. The Kier molecular flexibility index (Phi) is 6.67. The molecule has 1 aliphatic carbocycles. The first-order valence-electron chi connectivity index (χ1n) is 11.1. The maximum atomic E-state index is 13.8. The lowest BCUT2D eigenvalue weighted by molar-refractivity contribution is -0.122. The minimum absolute atomic E-state index is 0.0632. The lowest BCUT2D eigenvalue weighted by atomic mass is 9.65. The van der Waals surface area contributed by atoms with E-state index in [4.69, 9.17) is 4.74 Å². The number of nitrogens with one attached hydrogen (secondary N) is 1. The Morgan fingerprint density at radius 3 is 2.77 bits per heavy atom. The van der Waals surface area contributed by atoms with Gasteiger partial charge in [-0.05, 0) is 30.9 Å². The third kappa shape index (κ3) is 4.11. The van der Waals surface area contributed by atoms with Crippen LogP contribution >= 0.6 is 11.3 Å². The standard InChI is InChI=1S/C23H30N4O3S/c1-3-4-14-27-21(29)17-11-7-6-10-16(17)19(23(27)12-8-5-9-13-23)20(28)24-22-26-25-18(31-22)15-30-2/h6-7,10-11,19H,3-5,8-9,12-15H2,1-2H3,(H,24,26,28). The van der Waals surface area contributed by atoms with Crippen LogP contribution in [0.2, 0.25) is 0 Å². The molecule has 7 nitrogen and oxygen atoms in total. The summed E-state index contributed by atoms with van der Waals surface area (Å²) in [5.74, 6) is -0.468. The Morgan fingerprint density at radius 1 is 1.26 bits per heavy atom. The van der Waals surface area contributed by atoms with Crippen LogP contribution in [0.25, 0.3) is 0 Å². The number of methoxy groups -OCH3 is 1. The van der Waals surface area contributed by atoms with Crippen molar-refractivity contribution in [2.75, 3.05) is 19.0 Å². The van der Waals surface area contributed by atoms with E-state index in [1.54, 1.807) is 7.11 Å². The summed E-state index contributed by atoms with van der Waals surface area (Å²) in [4.78, 5) is 29.3. The minimum atomic E-state index is -0.483. The number of nitrogens with zero attached hydrogens (tertiary/aromatic N) is 3. The number of unbranched alkanes of at least 4 members (excludes halogenated alkanes) is 1. The van der Waals surface area contributed by atoms with E-state index in [0.717, 1.165) is 50.5 Å². The first kappa shape index (κ1) is 21.9. The summed E-state index contributed by atoms with van der Waals surface area (Å²) in [7, 11) is 1.60. The molecule has 1 aliphatic heterocycles. The molecule has 1 spiro atoms. The zero-order valence-electron chi connectivity index (χ0n) is 18.2. The fourth-order valence-corrected chi connectivity index (χ4v) is 5.86. The molecule has 166 valence electrons. The first-order valence-corrected chi connectivity index (χ1v) is 12.0. The Hall–Kier alpha value is -2.32. The molecule has 2 heterocycles. The summed E-state index contributed by atoms with van der Waals surface area (Å²) in [6.07, 6.45) is 6.83. The van der Waals surface area contributed by atoms with Crippen LogP contribution in [0.5, 0.6) is 0 Å². The van der Waals surface area contributed by atoms with E-state index in [0.29, 0.717) is 28.9 Å². The van der Waals surface area contributed by atoms with E-state index >= 15 is 0 Å². The zero-order valence-corrected chi connectivity index (χ0v) is 19.0. The van der Waals surface area contributed by atoms with Crippen molar-refractivity contribution in [2.45, 2.75) is 69.9 Å². The molecule has 0 radical (unpaired) electrons. The Morgan fingerprint density at radius 2 is 2.03 bits per heavy atom. The lowest BCUT2D eigenvalue weighted by Gasteiger charge is -2.53. The van der Waals surface area contributed by atoms with Crippen molar-refractivity contribution in [1.82, 2.24) is 15.1 Å². The van der Waals surface area contributed by atoms with Crippen LogP contribution in [0.4, 0.5) is 5.13 Å². The van der Waals surface area contributed by atoms with Crippen molar-refractivity contribution in [1.29, 1.82) is 0 Å². The molecule has 2 aliphatic rings. The molecule has 1 N–H and O–H groups in total. The molecule has 0 saturated heterocycles. The second kappa shape index (κ2) is 9.44. The number of benzene rings is 1. The van der Waals surface area contributed by atoms with Crippen LogP contribution in [-0.4, -0.2) is 46.1 Å². The Balaban J connectivity index is 1.74. The second-order valence-electron chi connectivity index (χ2n) is 8.42. The van der Waals surface area contributed by atoms with Gasteiger partial charge in [0.05, 0.1) is 11.5 Å².